The molecule has 0 saturated heterocycles. The molecule has 0 bridgehead atoms. The highest BCUT2D eigenvalue weighted by atomic mass is 79.9. The van der Waals surface area contributed by atoms with Crippen LogP contribution < -0.4 is 5.32 Å². The zero-order chi connectivity index (χ0) is 16.4. The smallest absolute Gasteiger partial charge is 0.418 e. The molecular weight excluding hydrogens is 355 g/mol. The molecule has 1 rings (SSSR count). The summed E-state index contributed by atoms with van der Waals surface area (Å²) in [4.78, 5) is 22.7. The molecule has 1 aromatic carbocycles. The minimum Gasteiger partial charge on any atom is -0.481 e. The largest absolute Gasteiger partial charge is 0.481 e. The molecule has 1 amide bonds. The number of hydrogen-bond acceptors (Lipinski definition) is 2. The Kier molecular flexibility index (Phi) is 5.38. The summed E-state index contributed by atoms with van der Waals surface area (Å²) in [5.74, 6) is -3.94. The van der Waals surface area contributed by atoms with Gasteiger partial charge in [0.05, 0.1) is 17.2 Å². The summed E-state index contributed by atoms with van der Waals surface area (Å²) in [5, 5.41) is 11.0. The van der Waals surface area contributed by atoms with E-state index < -0.39 is 41.1 Å². The number of carbonyl (C=O) groups excluding carboxylic acids is 1. The number of carbonyl (C=O) groups is 2. The number of hydrogen-bond donors (Lipinski definition) is 2. The Hall–Kier alpha value is -1.57. The summed E-state index contributed by atoms with van der Waals surface area (Å²) in [6, 6.07) is 3.32. The monoisotopic (exact) mass is 367 g/mol. The second kappa shape index (κ2) is 6.46. The third kappa shape index (κ3) is 4.45. The Morgan fingerprint density at radius 3 is 2.29 bits per heavy atom. The molecule has 0 aromatic heterocycles. The summed E-state index contributed by atoms with van der Waals surface area (Å²) >= 11 is 2.94. The normalized spacial score (nSPS) is 14.4. The van der Waals surface area contributed by atoms with E-state index in [0.717, 1.165) is 12.1 Å². The molecule has 2 unspecified atom stereocenters. The van der Waals surface area contributed by atoms with Crippen LogP contribution in [0.2, 0.25) is 0 Å². The number of aliphatic carboxylic acids is 1. The first-order valence-corrected chi connectivity index (χ1v) is 6.73. The lowest BCUT2D eigenvalue weighted by atomic mass is 9.95. The average molecular weight is 368 g/mol. The second-order valence-corrected chi connectivity index (χ2v) is 5.51. The lowest BCUT2D eigenvalue weighted by Gasteiger charge is -2.18. The fourth-order valence-corrected chi connectivity index (χ4v) is 1.91. The first kappa shape index (κ1) is 17.5. The van der Waals surface area contributed by atoms with Crippen LogP contribution >= 0.6 is 15.9 Å². The van der Waals surface area contributed by atoms with Gasteiger partial charge in [-0.3, -0.25) is 9.59 Å². The van der Waals surface area contributed by atoms with Gasteiger partial charge in [-0.25, -0.2) is 0 Å². The summed E-state index contributed by atoms with van der Waals surface area (Å²) in [6.45, 7) is 2.67. The molecule has 2 N–H and O–H groups in total. The third-order valence-electron chi connectivity index (χ3n) is 3.10. The zero-order valence-corrected chi connectivity index (χ0v) is 12.7. The highest BCUT2D eigenvalue weighted by Gasteiger charge is 2.35. The maximum absolute atomic E-state index is 12.9. The van der Waals surface area contributed by atoms with E-state index in [4.69, 9.17) is 5.11 Å². The summed E-state index contributed by atoms with van der Waals surface area (Å²) < 4.78 is 38.9. The quantitative estimate of drug-likeness (QED) is 0.851. The molecule has 0 saturated carbocycles. The van der Waals surface area contributed by atoms with E-state index in [1.807, 2.05) is 0 Å². The van der Waals surface area contributed by atoms with Crippen LogP contribution in [0.25, 0.3) is 0 Å². The maximum atomic E-state index is 12.9. The Morgan fingerprint density at radius 2 is 1.81 bits per heavy atom. The Labute approximate surface area is 127 Å². The van der Waals surface area contributed by atoms with Gasteiger partial charge in [0.15, 0.2) is 0 Å². The van der Waals surface area contributed by atoms with E-state index in [1.54, 1.807) is 0 Å². The minimum absolute atomic E-state index is 0.222. The molecule has 0 aliphatic heterocycles. The van der Waals surface area contributed by atoms with E-state index in [1.165, 1.54) is 19.9 Å². The number of carboxylic acids is 1. The fraction of sp³-hybridized carbons (Fsp3) is 0.385. The third-order valence-corrected chi connectivity index (χ3v) is 3.59. The maximum Gasteiger partial charge on any atom is 0.418 e. The average Bonchev–Trinajstić information content (AvgIpc) is 2.37. The van der Waals surface area contributed by atoms with Crippen molar-refractivity contribution >= 4 is 33.5 Å². The topological polar surface area (TPSA) is 66.4 Å². The first-order valence-electron chi connectivity index (χ1n) is 5.94. The Morgan fingerprint density at radius 1 is 1.24 bits per heavy atom. The van der Waals surface area contributed by atoms with Crippen LogP contribution in [0, 0.1) is 11.8 Å². The lowest BCUT2D eigenvalue weighted by molar-refractivity contribution is -0.145. The SMILES string of the molecule is CC(C(=O)O)C(C)C(=O)Nc1ccc(Br)cc1C(F)(F)F. The van der Waals surface area contributed by atoms with Crippen molar-refractivity contribution in [3.8, 4) is 0 Å². The molecule has 0 fully saturated rings. The Bertz CT molecular complexity index is 560. The molecule has 21 heavy (non-hydrogen) atoms. The fourth-order valence-electron chi connectivity index (χ4n) is 1.55. The molecule has 2 atom stereocenters. The van der Waals surface area contributed by atoms with Crippen LogP contribution in [-0.4, -0.2) is 17.0 Å². The lowest BCUT2D eigenvalue weighted by Crippen LogP contribution is -2.30. The zero-order valence-electron chi connectivity index (χ0n) is 11.2. The molecule has 0 aliphatic carbocycles. The molecule has 0 aliphatic rings. The molecule has 8 heteroatoms. The van der Waals surface area contributed by atoms with Gasteiger partial charge in [-0.15, -0.1) is 0 Å². The number of rotatable bonds is 4. The predicted octanol–water partition coefficient (Wildman–Crippen LogP) is 3.76. The number of amides is 1. The van der Waals surface area contributed by atoms with Crippen LogP contribution in [-0.2, 0) is 15.8 Å². The second-order valence-electron chi connectivity index (χ2n) is 4.59. The Balaban J connectivity index is 3.03. The highest BCUT2D eigenvalue weighted by Crippen LogP contribution is 2.36. The van der Waals surface area contributed by atoms with Crippen LogP contribution in [0.3, 0.4) is 0 Å². The van der Waals surface area contributed by atoms with Crippen molar-refractivity contribution in [1.29, 1.82) is 0 Å². The van der Waals surface area contributed by atoms with E-state index in [0.29, 0.717) is 0 Å². The van der Waals surface area contributed by atoms with Crippen molar-refractivity contribution in [3.05, 3.63) is 28.2 Å². The van der Waals surface area contributed by atoms with Crippen LogP contribution in [0.5, 0.6) is 0 Å². The number of nitrogens with one attached hydrogen (secondary N) is 1. The number of alkyl halides is 3. The summed E-state index contributed by atoms with van der Waals surface area (Å²) in [5.41, 5.74) is -1.40. The van der Waals surface area contributed by atoms with Crippen LogP contribution in [0.4, 0.5) is 18.9 Å². The molecule has 4 nitrogen and oxygen atoms in total. The van der Waals surface area contributed by atoms with E-state index >= 15 is 0 Å². The molecule has 1 aromatic rings. The molecule has 0 heterocycles. The summed E-state index contributed by atoms with van der Waals surface area (Å²) in [7, 11) is 0. The van der Waals surface area contributed by atoms with E-state index in [2.05, 4.69) is 21.2 Å². The standard InChI is InChI=1S/C13H13BrF3NO3/c1-6(7(2)12(20)21)11(19)18-10-4-3-8(14)5-9(10)13(15,16)17/h3-7H,1-2H3,(H,18,19)(H,20,21). The number of carboxylic acid groups (broad SMARTS) is 1. The van der Waals surface area contributed by atoms with Crippen molar-refractivity contribution in [2.45, 2.75) is 20.0 Å². The van der Waals surface area contributed by atoms with Crippen molar-refractivity contribution in [1.82, 2.24) is 0 Å². The van der Waals surface area contributed by atoms with Crippen LogP contribution in [0.1, 0.15) is 19.4 Å². The molecule has 0 spiro atoms. The van der Waals surface area contributed by atoms with Gasteiger partial charge in [-0.1, -0.05) is 29.8 Å². The van der Waals surface area contributed by atoms with Crippen molar-refractivity contribution < 1.29 is 27.9 Å². The number of benzene rings is 1. The molecular formula is C13H13BrF3NO3. The van der Waals surface area contributed by atoms with Crippen molar-refractivity contribution in [2.24, 2.45) is 11.8 Å². The molecule has 0 radical (unpaired) electrons. The first-order chi connectivity index (χ1) is 9.54. The van der Waals surface area contributed by atoms with Gasteiger partial charge in [-0.05, 0) is 18.2 Å². The van der Waals surface area contributed by atoms with Crippen LogP contribution in [0.15, 0.2) is 22.7 Å². The molecule has 116 valence electrons. The predicted molar refractivity (Wildman–Crippen MR) is 73.7 cm³/mol. The van der Waals surface area contributed by atoms with Gasteiger partial charge in [0.25, 0.3) is 0 Å². The van der Waals surface area contributed by atoms with Crippen molar-refractivity contribution in [3.63, 3.8) is 0 Å². The van der Waals surface area contributed by atoms with Gasteiger partial charge in [-0.2, -0.15) is 13.2 Å². The minimum atomic E-state index is -4.63. The van der Waals surface area contributed by atoms with Crippen molar-refractivity contribution in [2.75, 3.05) is 5.32 Å². The summed E-state index contributed by atoms with van der Waals surface area (Å²) in [6.07, 6.45) is -4.63. The van der Waals surface area contributed by atoms with E-state index in [9.17, 15) is 22.8 Å². The van der Waals surface area contributed by atoms with Gasteiger partial charge >= 0.3 is 12.1 Å². The highest BCUT2D eigenvalue weighted by molar-refractivity contribution is 9.10. The van der Waals surface area contributed by atoms with Gasteiger partial charge in [0.2, 0.25) is 5.91 Å². The van der Waals surface area contributed by atoms with Gasteiger partial charge < -0.3 is 10.4 Å². The van der Waals surface area contributed by atoms with Gasteiger partial charge in [0, 0.05) is 10.4 Å². The number of halogens is 4. The van der Waals surface area contributed by atoms with Gasteiger partial charge in [0.1, 0.15) is 0 Å². The number of anilines is 1. The van der Waals surface area contributed by atoms with E-state index in [-0.39, 0.29) is 4.47 Å².